The molecule has 1 nitrogen and oxygen atoms in total. The van der Waals surface area contributed by atoms with Crippen LogP contribution in [0.15, 0.2) is 48.4 Å². The molecule has 0 radical (unpaired) electrons. The zero-order valence-corrected chi connectivity index (χ0v) is 7.56. The minimum Gasteiger partial charge on any atom is -0.356 e. The molecule has 1 rings (SSSR count). The second-order valence-electron chi connectivity index (χ2n) is 3.04. The summed E-state index contributed by atoms with van der Waals surface area (Å²) in [5.41, 5.74) is 3.41. The molecule has 0 heterocycles. The molecule has 0 fully saturated rings. The van der Waals surface area contributed by atoms with Crippen molar-refractivity contribution in [3.05, 3.63) is 48.4 Å². The summed E-state index contributed by atoms with van der Waals surface area (Å²) in [4.78, 5) is 0. The molecular formula is C11H15N. The maximum absolute atomic E-state index is 3.79. The Morgan fingerprint density at radius 3 is 3.00 bits per heavy atom. The number of hydrogen-bond donors (Lipinski definition) is 1. The van der Waals surface area contributed by atoms with Gasteiger partial charge in [-0.2, -0.15) is 0 Å². The van der Waals surface area contributed by atoms with E-state index in [1.165, 1.54) is 12.0 Å². The third-order valence-corrected chi connectivity index (χ3v) is 1.86. The van der Waals surface area contributed by atoms with Crippen molar-refractivity contribution >= 4 is 0 Å². The maximum atomic E-state index is 3.79. The molecule has 0 amide bonds. The van der Waals surface area contributed by atoms with Gasteiger partial charge in [0, 0.05) is 11.4 Å². The Bertz CT molecular complexity index is 256. The fourth-order valence-electron chi connectivity index (χ4n) is 1.18. The summed E-state index contributed by atoms with van der Waals surface area (Å²) in [6.07, 6.45) is 8.35. The molecule has 64 valence electrons. The van der Waals surface area contributed by atoms with E-state index in [9.17, 15) is 0 Å². The lowest BCUT2D eigenvalue weighted by Gasteiger charge is -2.12. The maximum Gasteiger partial charge on any atom is 0.0343 e. The minimum absolute atomic E-state index is 0.854. The third kappa shape index (κ3) is 2.42. The van der Waals surface area contributed by atoms with Crippen molar-refractivity contribution in [1.29, 1.82) is 0 Å². The van der Waals surface area contributed by atoms with E-state index in [2.05, 4.69) is 37.6 Å². The zero-order chi connectivity index (χ0) is 8.97. The number of hydrogen-bond acceptors (Lipinski definition) is 1. The Balaban J connectivity index is 2.58. The third-order valence-electron chi connectivity index (χ3n) is 1.86. The normalized spacial score (nSPS) is 16.1. The molecule has 0 aromatic heterocycles. The van der Waals surface area contributed by atoms with E-state index in [0.717, 1.165) is 17.8 Å². The molecule has 0 aliphatic heterocycles. The first-order valence-electron chi connectivity index (χ1n) is 4.18. The molecule has 0 bridgehead atoms. The van der Waals surface area contributed by atoms with E-state index in [1.54, 1.807) is 6.08 Å². The smallest absolute Gasteiger partial charge is 0.0343 e. The summed E-state index contributed by atoms with van der Waals surface area (Å²) in [5.74, 6) is 0. The number of allylic oxidation sites excluding steroid dienone is 4. The zero-order valence-electron chi connectivity index (χ0n) is 7.56. The summed E-state index contributed by atoms with van der Waals surface area (Å²) in [6, 6.07) is 0. The van der Waals surface area contributed by atoms with Crippen LogP contribution < -0.4 is 5.32 Å². The summed E-state index contributed by atoms with van der Waals surface area (Å²) >= 11 is 0. The highest BCUT2D eigenvalue weighted by Crippen LogP contribution is 2.15. The highest BCUT2D eigenvalue weighted by molar-refractivity contribution is 5.29. The number of nitrogens with one attached hydrogen (secondary N) is 1. The van der Waals surface area contributed by atoms with Crippen molar-refractivity contribution in [1.82, 2.24) is 5.32 Å². The predicted octanol–water partition coefficient (Wildman–Crippen LogP) is 2.90. The van der Waals surface area contributed by atoms with Crippen molar-refractivity contribution in [2.75, 3.05) is 0 Å². The van der Waals surface area contributed by atoms with Gasteiger partial charge in [-0.3, -0.25) is 0 Å². The van der Waals surface area contributed by atoms with Crippen LogP contribution in [0.3, 0.4) is 0 Å². The fourth-order valence-corrected chi connectivity index (χ4v) is 1.18. The Kier molecular flexibility index (Phi) is 2.92. The van der Waals surface area contributed by atoms with E-state index < -0.39 is 0 Å². The first-order valence-corrected chi connectivity index (χ1v) is 4.18. The molecule has 12 heavy (non-hydrogen) atoms. The van der Waals surface area contributed by atoms with Crippen molar-refractivity contribution < 1.29 is 0 Å². The van der Waals surface area contributed by atoms with Crippen LogP contribution in [0.25, 0.3) is 0 Å². The minimum atomic E-state index is 0.854. The highest BCUT2D eigenvalue weighted by Gasteiger charge is 2.00. The van der Waals surface area contributed by atoms with E-state index in [1.807, 2.05) is 0 Å². The van der Waals surface area contributed by atoms with Gasteiger partial charge in [0.25, 0.3) is 0 Å². The monoisotopic (exact) mass is 161 g/mol. The molecule has 1 N–H and O–H groups in total. The summed E-state index contributed by atoms with van der Waals surface area (Å²) < 4.78 is 0. The van der Waals surface area contributed by atoms with Gasteiger partial charge in [0.05, 0.1) is 0 Å². The molecule has 1 aliphatic rings. The van der Waals surface area contributed by atoms with E-state index in [0.29, 0.717) is 0 Å². The largest absolute Gasteiger partial charge is 0.356 e. The number of rotatable bonds is 3. The van der Waals surface area contributed by atoms with Crippen molar-refractivity contribution in [2.45, 2.75) is 19.8 Å². The molecule has 1 aliphatic carbocycles. The van der Waals surface area contributed by atoms with Crippen LogP contribution in [-0.2, 0) is 0 Å². The summed E-state index contributed by atoms with van der Waals surface area (Å²) in [5, 5.41) is 3.17. The molecule has 0 spiro atoms. The second-order valence-corrected chi connectivity index (χ2v) is 3.04. The lowest BCUT2D eigenvalue weighted by atomic mass is 10.0. The average molecular weight is 161 g/mol. The van der Waals surface area contributed by atoms with Gasteiger partial charge in [-0.1, -0.05) is 24.8 Å². The predicted molar refractivity (Wildman–Crippen MR) is 53.5 cm³/mol. The van der Waals surface area contributed by atoms with Crippen LogP contribution >= 0.6 is 0 Å². The highest BCUT2D eigenvalue weighted by atomic mass is 14.9. The molecule has 0 atom stereocenters. The first kappa shape index (κ1) is 8.85. The fraction of sp³-hybridized carbons (Fsp3) is 0.273. The molecule has 0 saturated heterocycles. The van der Waals surface area contributed by atoms with Gasteiger partial charge < -0.3 is 5.32 Å². The Hall–Kier alpha value is -1.24. The molecular weight excluding hydrogens is 146 g/mol. The van der Waals surface area contributed by atoms with Gasteiger partial charge in [-0.25, -0.2) is 0 Å². The lowest BCUT2D eigenvalue weighted by Crippen LogP contribution is -2.10. The van der Waals surface area contributed by atoms with E-state index in [-0.39, 0.29) is 0 Å². The molecule has 0 saturated carbocycles. The van der Waals surface area contributed by atoms with E-state index >= 15 is 0 Å². The Morgan fingerprint density at radius 2 is 2.42 bits per heavy atom. The van der Waals surface area contributed by atoms with Gasteiger partial charge in [0.2, 0.25) is 0 Å². The lowest BCUT2D eigenvalue weighted by molar-refractivity contribution is 0.905. The molecule has 0 unspecified atom stereocenters. The summed E-state index contributed by atoms with van der Waals surface area (Å²) in [7, 11) is 0. The van der Waals surface area contributed by atoms with Gasteiger partial charge in [0.1, 0.15) is 0 Å². The van der Waals surface area contributed by atoms with E-state index in [4.69, 9.17) is 0 Å². The van der Waals surface area contributed by atoms with Crippen molar-refractivity contribution in [2.24, 2.45) is 0 Å². The van der Waals surface area contributed by atoms with Gasteiger partial charge in [-0.05, 0) is 31.9 Å². The standard InChI is InChI=1S/C11H15N/c1-4-10(3)12-11-7-5-6-9(2)8-11/h4,7-8,12H,1,3,5-6H2,2H3. The first-order chi connectivity index (χ1) is 5.72. The SMILES string of the molecule is C=CC(=C)NC1=CCCC(C)=C1. The van der Waals surface area contributed by atoms with Crippen LogP contribution in [0.5, 0.6) is 0 Å². The van der Waals surface area contributed by atoms with Crippen LogP contribution in [0, 0.1) is 0 Å². The van der Waals surface area contributed by atoms with Gasteiger partial charge >= 0.3 is 0 Å². The summed E-state index contributed by atoms with van der Waals surface area (Å²) in [6.45, 7) is 9.57. The van der Waals surface area contributed by atoms with Crippen LogP contribution in [0.1, 0.15) is 19.8 Å². The Labute approximate surface area is 74.2 Å². The van der Waals surface area contributed by atoms with Crippen LogP contribution in [0.2, 0.25) is 0 Å². The van der Waals surface area contributed by atoms with Crippen LogP contribution in [-0.4, -0.2) is 0 Å². The quantitative estimate of drug-likeness (QED) is 0.627. The molecule has 0 aromatic rings. The van der Waals surface area contributed by atoms with Gasteiger partial charge in [0.15, 0.2) is 0 Å². The Morgan fingerprint density at radius 1 is 1.67 bits per heavy atom. The van der Waals surface area contributed by atoms with Crippen molar-refractivity contribution in [3.63, 3.8) is 0 Å². The topological polar surface area (TPSA) is 12.0 Å². The molecule has 0 aromatic carbocycles. The van der Waals surface area contributed by atoms with Gasteiger partial charge in [-0.15, -0.1) is 0 Å². The molecule has 1 heteroatoms. The van der Waals surface area contributed by atoms with Crippen molar-refractivity contribution in [3.8, 4) is 0 Å². The second kappa shape index (κ2) is 3.96. The average Bonchev–Trinajstić information content (AvgIpc) is 2.04. The van der Waals surface area contributed by atoms with Crippen LogP contribution in [0.4, 0.5) is 0 Å².